The Morgan fingerprint density at radius 1 is 1.39 bits per heavy atom. The third kappa shape index (κ3) is 2.68. The van der Waals surface area contributed by atoms with Crippen molar-refractivity contribution in [3.63, 3.8) is 0 Å². The third-order valence-electron chi connectivity index (χ3n) is 2.83. The van der Waals surface area contributed by atoms with Crippen LogP contribution in [0.15, 0.2) is 30.3 Å². The van der Waals surface area contributed by atoms with Crippen LogP contribution in [0.2, 0.25) is 0 Å². The largest absolute Gasteiger partial charge is 0.465 e. The quantitative estimate of drug-likeness (QED) is 0.606. The van der Waals surface area contributed by atoms with Gasteiger partial charge in [0.25, 0.3) is 0 Å². The Hall–Kier alpha value is -1.88. The van der Waals surface area contributed by atoms with Gasteiger partial charge >= 0.3 is 5.97 Å². The molecule has 2 N–H and O–H groups in total. The van der Waals surface area contributed by atoms with Crippen molar-refractivity contribution in [2.45, 2.75) is 13.1 Å². The Morgan fingerprint density at radius 3 is 2.72 bits per heavy atom. The number of hydrogen-bond donors (Lipinski definition) is 2. The lowest BCUT2D eigenvalue weighted by Crippen LogP contribution is -2.53. The van der Waals surface area contributed by atoms with Gasteiger partial charge in [-0.1, -0.05) is 30.3 Å². The molecule has 1 saturated heterocycles. The van der Waals surface area contributed by atoms with Gasteiger partial charge in [-0.2, -0.15) is 0 Å². The molecule has 1 aliphatic rings. The summed E-state index contributed by atoms with van der Waals surface area (Å²) in [6.07, 6.45) is -0.246. The highest BCUT2D eigenvalue weighted by Gasteiger charge is 2.34. The van der Waals surface area contributed by atoms with E-state index in [4.69, 9.17) is 4.74 Å². The van der Waals surface area contributed by atoms with Gasteiger partial charge in [0.15, 0.2) is 0 Å². The van der Waals surface area contributed by atoms with Gasteiger partial charge in [-0.15, -0.1) is 0 Å². The Balaban J connectivity index is 2.00. The molecule has 1 aromatic rings. The third-order valence-corrected chi connectivity index (χ3v) is 2.83. The minimum atomic E-state index is -0.759. The predicted octanol–water partition coefficient (Wildman–Crippen LogP) is 0.584. The van der Waals surface area contributed by atoms with E-state index in [1.54, 1.807) is 6.92 Å². The van der Waals surface area contributed by atoms with E-state index in [0.29, 0.717) is 6.54 Å². The van der Waals surface area contributed by atoms with Crippen molar-refractivity contribution in [3.05, 3.63) is 35.9 Å². The first-order chi connectivity index (χ1) is 8.72. The van der Waals surface area contributed by atoms with E-state index in [9.17, 15) is 9.59 Å². The zero-order chi connectivity index (χ0) is 13.0. The van der Waals surface area contributed by atoms with Crippen LogP contribution in [0.3, 0.4) is 0 Å². The van der Waals surface area contributed by atoms with Crippen LogP contribution in [0.25, 0.3) is 0 Å². The van der Waals surface area contributed by atoms with Gasteiger partial charge in [0.05, 0.1) is 6.61 Å². The molecule has 5 nitrogen and oxygen atoms in total. The molecular formula is C13H16N2O3. The lowest BCUT2D eigenvalue weighted by molar-refractivity contribution is -0.153. The summed E-state index contributed by atoms with van der Waals surface area (Å²) < 4.78 is 4.85. The fourth-order valence-electron chi connectivity index (χ4n) is 1.90. The molecule has 2 unspecified atom stereocenters. The Labute approximate surface area is 106 Å². The molecular weight excluding hydrogens is 232 g/mol. The lowest BCUT2D eigenvalue weighted by Gasteiger charge is -2.29. The molecule has 1 aliphatic heterocycles. The van der Waals surface area contributed by atoms with E-state index in [2.05, 4.69) is 10.6 Å². The molecule has 0 aliphatic carbocycles. The average molecular weight is 248 g/mol. The van der Waals surface area contributed by atoms with E-state index in [1.807, 2.05) is 30.3 Å². The van der Waals surface area contributed by atoms with Crippen molar-refractivity contribution in [2.24, 2.45) is 5.92 Å². The van der Waals surface area contributed by atoms with Gasteiger partial charge in [0.1, 0.15) is 12.1 Å². The molecule has 2 rings (SSSR count). The molecule has 1 aromatic carbocycles. The minimum absolute atomic E-state index is 0.246. The van der Waals surface area contributed by atoms with Crippen LogP contribution in [0.4, 0.5) is 0 Å². The second kappa shape index (κ2) is 5.64. The van der Waals surface area contributed by atoms with Crippen LogP contribution >= 0.6 is 0 Å². The zero-order valence-corrected chi connectivity index (χ0v) is 10.2. The van der Waals surface area contributed by atoms with Gasteiger partial charge in [0, 0.05) is 6.54 Å². The molecule has 18 heavy (non-hydrogen) atoms. The molecule has 0 saturated carbocycles. The summed E-state index contributed by atoms with van der Waals surface area (Å²) in [5.41, 5.74) is 0.966. The van der Waals surface area contributed by atoms with E-state index < -0.39 is 11.9 Å². The summed E-state index contributed by atoms with van der Waals surface area (Å²) in [5.74, 6) is -1.53. The molecule has 2 atom stereocenters. The summed E-state index contributed by atoms with van der Waals surface area (Å²) in [6.45, 7) is 2.30. The van der Waals surface area contributed by atoms with Crippen LogP contribution in [-0.2, 0) is 14.3 Å². The first kappa shape index (κ1) is 12.6. The van der Waals surface area contributed by atoms with Crippen LogP contribution in [0.1, 0.15) is 18.7 Å². The average Bonchev–Trinajstić information content (AvgIpc) is 2.40. The predicted molar refractivity (Wildman–Crippen MR) is 65.5 cm³/mol. The van der Waals surface area contributed by atoms with Crippen molar-refractivity contribution in [1.82, 2.24) is 10.6 Å². The van der Waals surface area contributed by atoms with Gasteiger partial charge < -0.3 is 10.1 Å². The molecule has 1 heterocycles. The smallest absolute Gasteiger partial charge is 0.319 e. The van der Waals surface area contributed by atoms with E-state index in [-0.39, 0.29) is 18.7 Å². The van der Waals surface area contributed by atoms with Crippen molar-refractivity contribution in [1.29, 1.82) is 0 Å². The number of hydrogen-bond acceptors (Lipinski definition) is 4. The Bertz CT molecular complexity index is 433. The molecule has 0 radical (unpaired) electrons. The maximum atomic E-state index is 11.8. The summed E-state index contributed by atoms with van der Waals surface area (Å²) in [4.78, 5) is 23.4. The Morgan fingerprint density at radius 2 is 2.11 bits per heavy atom. The van der Waals surface area contributed by atoms with E-state index >= 15 is 0 Å². The number of carbonyl (C=O) groups excluding carboxylic acids is 2. The summed E-state index contributed by atoms with van der Waals surface area (Å²) in [6, 6.07) is 9.56. The first-order valence-electron chi connectivity index (χ1n) is 5.97. The summed E-state index contributed by atoms with van der Waals surface area (Å²) in [7, 11) is 0. The molecule has 0 aromatic heterocycles. The Kier molecular flexibility index (Phi) is 3.94. The highest BCUT2D eigenvalue weighted by atomic mass is 16.5. The van der Waals surface area contributed by atoms with Crippen molar-refractivity contribution >= 4 is 11.9 Å². The molecule has 96 valence electrons. The molecule has 1 amide bonds. The zero-order valence-electron chi connectivity index (χ0n) is 10.2. The van der Waals surface area contributed by atoms with Crippen molar-refractivity contribution in [3.8, 4) is 0 Å². The summed E-state index contributed by atoms with van der Waals surface area (Å²) >= 11 is 0. The minimum Gasteiger partial charge on any atom is -0.465 e. The number of nitrogens with one attached hydrogen (secondary N) is 2. The SMILES string of the molecule is CCOC(=O)C1CNC(c2ccccc2)NC1=O. The number of rotatable bonds is 3. The van der Waals surface area contributed by atoms with Crippen LogP contribution in [0, 0.1) is 5.92 Å². The molecule has 0 bridgehead atoms. The number of esters is 1. The fourth-order valence-corrected chi connectivity index (χ4v) is 1.90. The number of ether oxygens (including phenoxy) is 1. The first-order valence-corrected chi connectivity index (χ1v) is 5.97. The maximum absolute atomic E-state index is 11.8. The topological polar surface area (TPSA) is 67.4 Å². The normalized spacial score (nSPS) is 23.3. The second-order valence-electron chi connectivity index (χ2n) is 4.07. The molecule has 5 heteroatoms. The standard InChI is InChI=1S/C13H16N2O3/c1-2-18-13(17)10-8-14-11(15-12(10)16)9-6-4-3-5-7-9/h3-7,10-11,14H,2,8H2,1H3,(H,15,16). The van der Waals surface area contributed by atoms with Crippen molar-refractivity contribution < 1.29 is 14.3 Å². The van der Waals surface area contributed by atoms with Crippen molar-refractivity contribution in [2.75, 3.05) is 13.2 Å². The number of benzene rings is 1. The van der Waals surface area contributed by atoms with E-state index in [1.165, 1.54) is 0 Å². The van der Waals surface area contributed by atoms with Gasteiger partial charge in [0.2, 0.25) is 5.91 Å². The van der Waals surface area contributed by atoms with Crippen LogP contribution in [0.5, 0.6) is 0 Å². The summed E-state index contributed by atoms with van der Waals surface area (Å²) in [5, 5.41) is 5.89. The van der Waals surface area contributed by atoms with Gasteiger partial charge in [-0.3, -0.25) is 14.9 Å². The lowest BCUT2D eigenvalue weighted by atomic mass is 10.0. The van der Waals surface area contributed by atoms with Crippen LogP contribution < -0.4 is 10.6 Å². The maximum Gasteiger partial charge on any atom is 0.319 e. The highest BCUT2D eigenvalue weighted by Crippen LogP contribution is 2.15. The second-order valence-corrected chi connectivity index (χ2v) is 4.07. The molecule has 0 spiro atoms. The monoisotopic (exact) mass is 248 g/mol. The van der Waals surface area contributed by atoms with E-state index in [0.717, 1.165) is 5.56 Å². The van der Waals surface area contributed by atoms with Crippen LogP contribution in [-0.4, -0.2) is 25.0 Å². The highest BCUT2D eigenvalue weighted by molar-refractivity contribution is 5.98. The number of carbonyl (C=O) groups is 2. The fraction of sp³-hybridized carbons (Fsp3) is 0.385. The number of amides is 1. The van der Waals surface area contributed by atoms with Gasteiger partial charge in [-0.25, -0.2) is 0 Å². The molecule has 1 fully saturated rings. The van der Waals surface area contributed by atoms with Gasteiger partial charge in [-0.05, 0) is 12.5 Å².